The summed E-state index contributed by atoms with van der Waals surface area (Å²) in [4.78, 5) is 32.1. The smallest absolute Gasteiger partial charge is 0.230 e. The first-order chi connectivity index (χ1) is 12.6. The lowest BCUT2D eigenvalue weighted by molar-refractivity contribution is -0.120. The molecule has 1 aromatic carbocycles. The fourth-order valence-electron chi connectivity index (χ4n) is 2.36. The van der Waals surface area contributed by atoms with Crippen LogP contribution in [0.3, 0.4) is 0 Å². The van der Waals surface area contributed by atoms with Crippen LogP contribution in [0, 0.1) is 0 Å². The van der Waals surface area contributed by atoms with E-state index in [1.54, 1.807) is 31.6 Å². The third-order valence-electron chi connectivity index (χ3n) is 3.68. The summed E-state index contributed by atoms with van der Waals surface area (Å²) in [6.45, 7) is 0. The van der Waals surface area contributed by atoms with Crippen molar-refractivity contribution in [2.24, 2.45) is 0 Å². The average Bonchev–Trinajstić information content (AvgIpc) is 3.12. The molecule has 0 radical (unpaired) electrons. The fourth-order valence-corrected chi connectivity index (χ4v) is 3.17. The zero-order valence-electron chi connectivity index (χ0n) is 14.2. The normalized spacial score (nSPS) is 10.3. The number of hydrogen-bond donors (Lipinski definition) is 2. The van der Waals surface area contributed by atoms with Gasteiger partial charge in [0.2, 0.25) is 11.8 Å². The van der Waals surface area contributed by atoms with Crippen LogP contribution < -0.4 is 10.6 Å². The van der Waals surface area contributed by atoms with Crippen LogP contribution >= 0.6 is 11.3 Å². The van der Waals surface area contributed by atoms with Crippen molar-refractivity contribution in [1.29, 1.82) is 0 Å². The van der Waals surface area contributed by atoms with Crippen LogP contribution in [0.25, 0.3) is 10.6 Å². The summed E-state index contributed by atoms with van der Waals surface area (Å²) >= 11 is 1.49. The summed E-state index contributed by atoms with van der Waals surface area (Å²) in [6, 6.07) is 11.0. The second kappa shape index (κ2) is 8.35. The molecule has 132 valence electrons. The number of carbonyl (C=O) groups is 2. The van der Waals surface area contributed by atoms with Gasteiger partial charge in [0.25, 0.3) is 0 Å². The third kappa shape index (κ3) is 4.73. The van der Waals surface area contributed by atoms with Crippen LogP contribution in [0.5, 0.6) is 0 Å². The Morgan fingerprint density at radius 2 is 1.88 bits per heavy atom. The van der Waals surface area contributed by atoms with Gasteiger partial charge < -0.3 is 10.6 Å². The van der Waals surface area contributed by atoms with Crippen LogP contribution in [-0.2, 0) is 22.4 Å². The van der Waals surface area contributed by atoms with Crippen LogP contribution in [0.2, 0.25) is 0 Å². The van der Waals surface area contributed by atoms with Gasteiger partial charge in [-0.3, -0.25) is 14.6 Å². The molecule has 0 fully saturated rings. The number of amides is 2. The van der Waals surface area contributed by atoms with Crippen LogP contribution in [0.4, 0.5) is 5.69 Å². The third-order valence-corrected chi connectivity index (χ3v) is 4.62. The van der Waals surface area contributed by atoms with Crippen molar-refractivity contribution in [2.75, 3.05) is 12.4 Å². The fraction of sp³-hybridized carbons (Fsp3) is 0.158. The quantitative estimate of drug-likeness (QED) is 0.702. The van der Waals surface area contributed by atoms with E-state index in [9.17, 15) is 9.59 Å². The number of rotatable bonds is 6. The summed E-state index contributed by atoms with van der Waals surface area (Å²) < 4.78 is 0. The number of nitrogens with one attached hydrogen (secondary N) is 2. The van der Waals surface area contributed by atoms with E-state index in [0.29, 0.717) is 12.1 Å². The second-order valence-corrected chi connectivity index (χ2v) is 6.52. The van der Waals surface area contributed by atoms with Gasteiger partial charge in [-0.1, -0.05) is 12.1 Å². The van der Waals surface area contributed by atoms with Crippen LogP contribution in [0.15, 0.2) is 54.2 Å². The Morgan fingerprint density at radius 3 is 2.58 bits per heavy atom. The Morgan fingerprint density at radius 1 is 1.08 bits per heavy atom. The first-order valence-corrected chi connectivity index (χ1v) is 8.96. The van der Waals surface area contributed by atoms with Gasteiger partial charge in [-0.2, -0.15) is 0 Å². The molecule has 0 saturated carbocycles. The van der Waals surface area contributed by atoms with Crippen molar-refractivity contribution in [1.82, 2.24) is 15.3 Å². The van der Waals surface area contributed by atoms with Crippen molar-refractivity contribution in [3.63, 3.8) is 0 Å². The molecule has 0 unspecified atom stereocenters. The van der Waals surface area contributed by atoms with E-state index in [-0.39, 0.29) is 18.2 Å². The maximum atomic E-state index is 12.2. The Balaban J connectivity index is 1.57. The molecule has 0 aliphatic heterocycles. The summed E-state index contributed by atoms with van der Waals surface area (Å²) in [5, 5.41) is 8.16. The molecule has 2 N–H and O–H groups in total. The zero-order chi connectivity index (χ0) is 18.4. The lowest BCUT2D eigenvalue weighted by Gasteiger charge is -2.06. The van der Waals surface area contributed by atoms with E-state index in [2.05, 4.69) is 20.6 Å². The predicted molar refractivity (Wildman–Crippen MR) is 102 cm³/mol. The van der Waals surface area contributed by atoms with Gasteiger partial charge in [0.15, 0.2) is 0 Å². The van der Waals surface area contributed by atoms with Crippen molar-refractivity contribution < 1.29 is 9.59 Å². The van der Waals surface area contributed by atoms with E-state index >= 15 is 0 Å². The van der Waals surface area contributed by atoms with Gasteiger partial charge in [0.1, 0.15) is 5.01 Å². The summed E-state index contributed by atoms with van der Waals surface area (Å²) in [5.41, 5.74) is 3.25. The van der Waals surface area contributed by atoms with Gasteiger partial charge in [-0.15, -0.1) is 11.3 Å². The number of anilines is 1. The molecule has 0 aliphatic carbocycles. The van der Waals surface area contributed by atoms with Gasteiger partial charge in [-0.05, 0) is 29.8 Å². The molecule has 7 heteroatoms. The molecule has 2 amide bonds. The van der Waals surface area contributed by atoms with E-state index in [0.717, 1.165) is 21.8 Å². The maximum Gasteiger partial charge on any atom is 0.230 e. The Labute approximate surface area is 155 Å². The predicted octanol–water partition coefficient (Wildman–Crippen LogP) is 2.67. The SMILES string of the molecule is CNC(=O)Cc1ccc(NC(=O)Cc2csc(-c3cccnc3)n2)cc1. The number of carbonyl (C=O) groups excluding carboxylic acids is 2. The van der Waals surface area contributed by atoms with Crippen molar-refractivity contribution in [3.8, 4) is 10.6 Å². The highest BCUT2D eigenvalue weighted by Gasteiger charge is 2.10. The molecule has 0 atom stereocenters. The molecule has 2 aromatic heterocycles. The van der Waals surface area contributed by atoms with Crippen LogP contribution in [-0.4, -0.2) is 28.8 Å². The van der Waals surface area contributed by atoms with E-state index < -0.39 is 0 Å². The number of nitrogens with zero attached hydrogens (tertiary/aromatic N) is 2. The van der Waals surface area contributed by atoms with Crippen molar-refractivity contribution >= 4 is 28.8 Å². The molecule has 0 aliphatic rings. The molecule has 0 bridgehead atoms. The second-order valence-electron chi connectivity index (χ2n) is 5.66. The Hall–Kier alpha value is -3.06. The minimum atomic E-state index is -0.132. The number of aromatic nitrogens is 2. The zero-order valence-corrected chi connectivity index (χ0v) is 15.0. The summed E-state index contributed by atoms with van der Waals surface area (Å²) in [7, 11) is 1.61. The highest BCUT2D eigenvalue weighted by molar-refractivity contribution is 7.13. The largest absolute Gasteiger partial charge is 0.359 e. The highest BCUT2D eigenvalue weighted by atomic mass is 32.1. The first-order valence-electron chi connectivity index (χ1n) is 8.08. The standard InChI is InChI=1S/C19H18N4O2S/c1-20-17(24)9-13-4-6-15(7-5-13)22-18(25)10-16-12-26-19(23-16)14-3-2-8-21-11-14/h2-8,11-12H,9-10H2,1H3,(H,20,24)(H,22,25). The van der Waals surface area contributed by atoms with Gasteiger partial charge >= 0.3 is 0 Å². The molecule has 0 spiro atoms. The number of likely N-dealkylation sites (N-methyl/N-ethyl adjacent to an activating group) is 1. The minimum Gasteiger partial charge on any atom is -0.359 e. The maximum absolute atomic E-state index is 12.2. The number of pyridine rings is 1. The topological polar surface area (TPSA) is 84.0 Å². The number of thiazole rings is 1. The molecule has 6 nitrogen and oxygen atoms in total. The highest BCUT2D eigenvalue weighted by Crippen LogP contribution is 2.23. The van der Waals surface area contributed by atoms with Gasteiger partial charge in [-0.25, -0.2) is 4.98 Å². The lowest BCUT2D eigenvalue weighted by Crippen LogP contribution is -2.20. The summed E-state index contributed by atoms with van der Waals surface area (Å²) in [6.07, 6.45) is 3.99. The molecule has 0 saturated heterocycles. The Bertz CT molecular complexity index is 891. The number of hydrogen-bond acceptors (Lipinski definition) is 5. The lowest BCUT2D eigenvalue weighted by atomic mass is 10.1. The van der Waals surface area contributed by atoms with Gasteiger partial charge in [0, 0.05) is 36.1 Å². The molecular weight excluding hydrogens is 348 g/mol. The van der Waals surface area contributed by atoms with E-state index in [4.69, 9.17) is 0 Å². The minimum absolute atomic E-state index is 0.0465. The van der Waals surface area contributed by atoms with Gasteiger partial charge in [0.05, 0.1) is 18.5 Å². The van der Waals surface area contributed by atoms with E-state index in [1.807, 2.05) is 29.6 Å². The van der Waals surface area contributed by atoms with Crippen molar-refractivity contribution in [3.05, 3.63) is 65.4 Å². The number of benzene rings is 1. The molecule has 26 heavy (non-hydrogen) atoms. The molecule has 3 aromatic rings. The first kappa shape index (κ1) is 17.8. The van der Waals surface area contributed by atoms with Crippen LogP contribution in [0.1, 0.15) is 11.3 Å². The summed E-state index contributed by atoms with van der Waals surface area (Å²) in [5.74, 6) is -0.179. The van der Waals surface area contributed by atoms with E-state index in [1.165, 1.54) is 11.3 Å². The monoisotopic (exact) mass is 366 g/mol. The average molecular weight is 366 g/mol. The molecule has 2 heterocycles. The Kier molecular flexibility index (Phi) is 5.70. The molecular formula is C19H18N4O2S. The van der Waals surface area contributed by atoms with Crippen molar-refractivity contribution in [2.45, 2.75) is 12.8 Å². The molecule has 3 rings (SSSR count).